The van der Waals surface area contributed by atoms with Crippen molar-refractivity contribution in [3.05, 3.63) is 65.7 Å². The molecule has 5 heteroatoms. The van der Waals surface area contributed by atoms with Crippen molar-refractivity contribution in [1.82, 2.24) is 0 Å². The van der Waals surface area contributed by atoms with Crippen LogP contribution >= 0.6 is 0 Å². The van der Waals surface area contributed by atoms with E-state index in [2.05, 4.69) is 0 Å². The molecule has 0 fully saturated rings. The van der Waals surface area contributed by atoms with Crippen molar-refractivity contribution in [3.8, 4) is 5.75 Å². The monoisotopic (exact) mass is 306 g/mol. The number of hydrogen-bond donors (Lipinski definition) is 0. The Morgan fingerprint density at radius 3 is 2.43 bits per heavy atom. The summed E-state index contributed by atoms with van der Waals surface area (Å²) >= 11 is 0. The molecule has 0 aliphatic rings. The molecule has 2 aromatic rings. The van der Waals surface area contributed by atoms with Crippen LogP contribution in [0, 0.1) is 0 Å². The third-order valence-corrected chi connectivity index (χ3v) is 3.41. The molecule has 0 bridgehead atoms. The van der Waals surface area contributed by atoms with Gasteiger partial charge in [-0.15, -0.1) is 0 Å². The van der Waals surface area contributed by atoms with Crippen LogP contribution in [0.1, 0.15) is 24.2 Å². The summed E-state index contributed by atoms with van der Waals surface area (Å²) in [5, 5.41) is 0. The number of ether oxygens (including phenoxy) is 1. The average Bonchev–Trinajstić information content (AvgIpc) is 2.44. The summed E-state index contributed by atoms with van der Waals surface area (Å²) in [7, 11) is -3.52. The van der Waals surface area contributed by atoms with Crippen LogP contribution < -0.4 is 4.18 Å². The van der Waals surface area contributed by atoms with Crippen molar-refractivity contribution >= 4 is 10.1 Å². The predicted molar refractivity (Wildman–Crippen MR) is 81.6 cm³/mol. The minimum Gasteiger partial charge on any atom is -0.383 e. The molecule has 0 radical (unpaired) electrons. The standard InChI is InChI=1S/C16H18O4S/c1-13(19-12-14-7-4-3-5-8-14)15-9-6-10-16(11-15)20-21(2,17)18/h3-11,13H,12H2,1-2H3. The molecule has 21 heavy (non-hydrogen) atoms. The van der Waals surface area contributed by atoms with Gasteiger partial charge in [0.1, 0.15) is 5.75 Å². The van der Waals surface area contributed by atoms with Crippen molar-refractivity contribution in [2.24, 2.45) is 0 Å². The lowest BCUT2D eigenvalue weighted by Gasteiger charge is -2.14. The van der Waals surface area contributed by atoms with Crippen LogP contribution in [0.5, 0.6) is 5.75 Å². The molecule has 0 saturated carbocycles. The summed E-state index contributed by atoms with van der Waals surface area (Å²) in [5.41, 5.74) is 1.96. The number of rotatable bonds is 6. The Kier molecular flexibility index (Phi) is 4.98. The zero-order valence-corrected chi connectivity index (χ0v) is 12.8. The highest BCUT2D eigenvalue weighted by molar-refractivity contribution is 7.86. The Labute approximate surface area is 125 Å². The fourth-order valence-electron chi connectivity index (χ4n) is 1.89. The first-order chi connectivity index (χ1) is 9.94. The SMILES string of the molecule is CC(OCc1ccccc1)c1cccc(OS(C)(=O)=O)c1. The molecule has 0 aliphatic heterocycles. The van der Waals surface area contributed by atoms with Crippen LogP contribution in [0.2, 0.25) is 0 Å². The molecule has 2 rings (SSSR count). The molecular weight excluding hydrogens is 288 g/mol. The Balaban J connectivity index is 2.02. The maximum absolute atomic E-state index is 11.1. The Morgan fingerprint density at radius 1 is 1.05 bits per heavy atom. The second-order valence-electron chi connectivity index (χ2n) is 4.80. The molecule has 0 aliphatic carbocycles. The first kappa shape index (κ1) is 15.5. The molecule has 0 amide bonds. The molecule has 2 aromatic carbocycles. The highest BCUT2D eigenvalue weighted by Gasteiger charge is 2.10. The second-order valence-corrected chi connectivity index (χ2v) is 6.37. The van der Waals surface area contributed by atoms with Gasteiger partial charge in [0.2, 0.25) is 0 Å². The van der Waals surface area contributed by atoms with Gasteiger partial charge in [-0.25, -0.2) is 0 Å². The van der Waals surface area contributed by atoms with E-state index in [1.165, 1.54) is 0 Å². The summed E-state index contributed by atoms with van der Waals surface area (Å²) < 4.78 is 32.9. The van der Waals surface area contributed by atoms with E-state index in [-0.39, 0.29) is 6.10 Å². The lowest BCUT2D eigenvalue weighted by Crippen LogP contribution is -2.06. The van der Waals surface area contributed by atoms with Crippen LogP contribution in [0.25, 0.3) is 0 Å². The lowest BCUT2D eigenvalue weighted by atomic mass is 10.1. The minimum atomic E-state index is -3.52. The lowest BCUT2D eigenvalue weighted by molar-refractivity contribution is 0.0525. The van der Waals surface area contributed by atoms with E-state index in [9.17, 15) is 8.42 Å². The van der Waals surface area contributed by atoms with Crippen molar-refractivity contribution in [2.45, 2.75) is 19.6 Å². The predicted octanol–water partition coefficient (Wildman–Crippen LogP) is 3.30. The van der Waals surface area contributed by atoms with Gasteiger partial charge in [0.05, 0.1) is 19.0 Å². The normalized spacial score (nSPS) is 12.9. The van der Waals surface area contributed by atoms with E-state index in [0.29, 0.717) is 12.4 Å². The molecule has 1 unspecified atom stereocenters. The third kappa shape index (κ3) is 5.21. The Hall–Kier alpha value is -1.85. The van der Waals surface area contributed by atoms with E-state index >= 15 is 0 Å². The van der Waals surface area contributed by atoms with Crippen molar-refractivity contribution < 1.29 is 17.3 Å². The van der Waals surface area contributed by atoms with Gasteiger partial charge in [0, 0.05) is 0 Å². The maximum Gasteiger partial charge on any atom is 0.306 e. The van der Waals surface area contributed by atoms with Gasteiger partial charge >= 0.3 is 10.1 Å². The second kappa shape index (κ2) is 6.74. The zero-order valence-electron chi connectivity index (χ0n) is 12.0. The molecule has 0 N–H and O–H groups in total. The summed E-state index contributed by atoms with van der Waals surface area (Å²) in [6.07, 6.45) is 0.864. The van der Waals surface area contributed by atoms with Crippen LogP contribution in [0.15, 0.2) is 54.6 Å². The quantitative estimate of drug-likeness (QED) is 0.768. The minimum absolute atomic E-state index is 0.159. The van der Waals surface area contributed by atoms with Gasteiger partial charge < -0.3 is 8.92 Å². The molecule has 0 aromatic heterocycles. The van der Waals surface area contributed by atoms with E-state index in [0.717, 1.165) is 17.4 Å². The smallest absolute Gasteiger partial charge is 0.306 e. The fraction of sp³-hybridized carbons (Fsp3) is 0.250. The molecular formula is C16H18O4S. The van der Waals surface area contributed by atoms with Crippen LogP contribution in [0.4, 0.5) is 0 Å². The molecule has 0 saturated heterocycles. The molecule has 1 atom stereocenters. The van der Waals surface area contributed by atoms with Crippen LogP contribution in [-0.4, -0.2) is 14.7 Å². The van der Waals surface area contributed by atoms with Gasteiger partial charge in [-0.1, -0.05) is 42.5 Å². The third-order valence-electron chi connectivity index (χ3n) is 2.92. The largest absolute Gasteiger partial charge is 0.383 e. The van der Waals surface area contributed by atoms with Gasteiger partial charge in [-0.05, 0) is 30.2 Å². The van der Waals surface area contributed by atoms with Gasteiger partial charge in [-0.2, -0.15) is 8.42 Å². The van der Waals surface area contributed by atoms with Crippen molar-refractivity contribution in [3.63, 3.8) is 0 Å². The Bertz CT molecular complexity index is 680. The molecule has 112 valence electrons. The number of hydrogen-bond acceptors (Lipinski definition) is 4. The summed E-state index contributed by atoms with van der Waals surface area (Å²) in [4.78, 5) is 0. The zero-order chi connectivity index (χ0) is 15.3. The summed E-state index contributed by atoms with van der Waals surface area (Å²) in [6.45, 7) is 2.42. The van der Waals surface area contributed by atoms with Gasteiger partial charge in [0.25, 0.3) is 0 Å². The highest BCUT2D eigenvalue weighted by Crippen LogP contribution is 2.23. The van der Waals surface area contributed by atoms with Crippen molar-refractivity contribution in [2.75, 3.05) is 6.26 Å². The molecule has 0 spiro atoms. The highest BCUT2D eigenvalue weighted by atomic mass is 32.2. The van der Waals surface area contributed by atoms with E-state index in [4.69, 9.17) is 8.92 Å². The fourth-order valence-corrected chi connectivity index (χ4v) is 2.34. The van der Waals surface area contributed by atoms with Gasteiger partial charge in [-0.3, -0.25) is 0 Å². The Morgan fingerprint density at radius 2 is 1.76 bits per heavy atom. The topological polar surface area (TPSA) is 52.6 Å². The first-order valence-corrected chi connectivity index (χ1v) is 8.40. The maximum atomic E-state index is 11.1. The number of benzene rings is 2. The summed E-state index contributed by atoms with van der Waals surface area (Å²) in [6, 6.07) is 16.8. The average molecular weight is 306 g/mol. The van der Waals surface area contributed by atoms with E-state index in [1.54, 1.807) is 18.2 Å². The summed E-state index contributed by atoms with van der Waals surface area (Å²) in [5.74, 6) is 0.296. The van der Waals surface area contributed by atoms with E-state index < -0.39 is 10.1 Å². The van der Waals surface area contributed by atoms with Crippen molar-refractivity contribution in [1.29, 1.82) is 0 Å². The van der Waals surface area contributed by atoms with Crippen LogP contribution in [0.3, 0.4) is 0 Å². The first-order valence-electron chi connectivity index (χ1n) is 6.59. The van der Waals surface area contributed by atoms with E-state index in [1.807, 2.05) is 43.3 Å². The van der Waals surface area contributed by atoms with Crippen LogP contribution in [-0.2, 0) is 21.5 Å². The molecule has 4 nitrogen and oxygen atoms in total. The molecule has 0 heterocycles. The van der Waals surface area contributed by atoms with Gasteiger partial charge in [0.15, 0.2) is 0 Å².